The number of H-pyrrole nitrogens is 1. The lowest BCUT2D eigenvalue weighted by Gasteiger charge is -2.27. The molecule has 0 aliphatic carbocycles. The van der Waals surface area contributed by atoms with E-state index in [2.05, 4.69) is 18.8 Å². The van der Waals surface area contributed by atoms with Gasteiger partial charge in [-0.1, -0.05) is 45.4 Å². The van der Waals surface area contributed by atoms with Crippen molar-refractivity contribution in [3.05, 3.63) is 50.7 Å². The molecule has 1 aliphatic rings. The van der Waals surface area contributed by atoms with Gasteiger partial charge in [0.2, 0.25) is 11.8 Å². The molecular formula is C26H37N5O5. The molecule has 0 unspecified atom stereocenters. The van der Waals surface area contributed by atoms with Crippen molar-refractivity contribution >= 4 is 29.0 Å². The average Bonchev–Trinajstić information content (AvgIpc) is 3.26. The number of aromatic amines is 1. The normalized spacial score (nSPS) is 16.4. The van der Waals surface area contributed by atoms with Crippen molar-refractivity contribution in [2.45, 2.75) is 58.9 Å². The Hall–Kier alpha value is -3.40. The molecule has 0 spiro atoms. The first-order valence-electron chi connectivity index (χ1n) is 12.6. The minimum atomic E-state index is -0.738. The van der Waals surface area contributed by atoms with Gasteiger partial charge in [0.05, 0.1) is 12.5 Å². The molecule has 3 rings (SSSR count). The summed E-state index contributed by atoms with van der Waals surface area (Å²) < 4.78 is 6.46. The zero-order valence-corrected chi connectivity index (χ0v) is 21.6. The molecule has 2 atom stereocenters. The predicted molar refractivity (Wildman–Crippen MR) is 140 cm³/mol. The van der Waals surface area contributed by atoms with Crippen molar-refractivity contribution in [3.63, 3.8) is 0 Å². The summed E-state index contributed by atoms with van der Waals surface area (Å²) in [5, 5.41) is 0. The molecule has 10 heteroatoms. The van der Waals surface area contributed by atoms with Crippen LogP contribution in [0.1, 0.15) is 57.9 Å². The Balaban J connectivity index is 1.97. The number of aromatic nitrogens is 2. The number of para-hydroxylation sites is 1. The summed E-state index contributed by atoms with van der Waals surface area (Å²) in [5.74, 6) is -1.03. The van der Waals surface area contributed by atoms with E-state index >= 15 is 0 Å². The summed E-state index contributed by atoms with van der Waals surface area (Å²) >= 11 is 0. The summed E-state index contributed by atoms with van der Waals surface area (Å²) in [7, 11) is 1.49. The zero-order valence-electron chi connectivity index (χ0n) is 21.6. The summed E-state index contributed by atoms with van der Waals surface area (Å²) in [5.41, 5.74) is 6.71. The number of carbonyl (C=O) groups excluding carboxylic acids is 2. The molecule has 2 amide bonds. The van der Waals surface area contributed by atoms with Crippen molar-refractivity contribution in [3.8, 4) is 0 Å². The molecule has 196 valence electrons. The fourth-order valence-corrected chi connectivity index (χ4v) is 4.59. The number of nitrogens with two attached hydrogens (primary N) is 1. The second-order valence-electron chi connectivity index (χ2n) is 9.25. The monoisotopic (exact) mass is 499 g/mol. The number of amides is 2. The van der Waals surface area contributed by atoms with Gasteiger partial charge in [-0.3, -0.25) is 23.9 Å². The van der Waals surface area contributed by atoms with E-state index in [0.717, 1.165) is 24.1 Å². The molecule has 2 aromatic rings. The summed E-state index contributed by atoms with van der Waals surface area (Å²) in [6.45, 7) is 6.90. The largest absolute Gasteiger partial charge is 0.383 e. The number of benzene rings is 1. The third-order valence-corrected chi connectivity index (χ3v) is 6.85. The highest BCUT2D eigenvalue weighted by Crippen LogP contribution is 2.34. The molecule has 1 saturated heterocycles. The van der Waals surface area contributed by atoms with Gasteiger partial charge < -0.3 is 20.3 Å². The number of ether oxygens (including phenoxy) is 1. The van der Waals surface area contributed by atoms with Gasteiger partial charge in [-0.15, -0.1) is 0 Å². The molecule has 1 aromatic carbocycles. The van der Waals surface area contributed by atoms with Crippen LogP contribution in [-0.4, -0.2) is 48.2 Å². The smallest absolute Gasteiger partial charge is 0.330 e. The minimum absolute atomic E-state index is 0.0183. The van der Waals surface area contributed by atoms with E-state index in [1.807, 2.05) is 31.2 Å². The van der Waals surface area contributed by atoms with Gasteiger partial charge in [-0.2, -0.15) is 0 Å². The third kappa shape index (κ3) is 5.53. The van der Waals surface area contributed by atoms with Crippen LogP contribution in [0, 0.1) is 5.92 Å². The van der Waals surface area contributed by atoms with Crippen LogP contribution in [0.2, 0.25) is 0 Å². The molecule has 0 radical (unpaired) electrons. The molecule has 0 bridgehead atoms. The number of methoxy groups -OCH3 is 1. The van der Waals surface area contributed by atoms with Gasteiger partial charge in [0, 0.05) is 38.9 Å². The summed E-state index contributed by atoms with van der Waals surface area (Å²) in [4.78, 5) is 57.3. The number of anilines is 3. The molecule has 1 aromatic heterocycles. The molecule has 0 saturated carbocycles. The van der Waals surface area contributed by atoms with E-state index in [1.165, 1.54) is 16.6 Å². The second-order valence-corrected chi connectivity index (χ2v) is 9.25. The molecule has 1 fully saturated rings. The van der Waals surface area contributed by atoms with Crippen LogP contribution in [0.25, 0.3) is 0 Å². The lowest BCUT2D eigenvalue weighted by molar-refractivity contribution is -0.124. The maximum absolute atomic E-state index is 13.8. The van der Waals surface area contributed by atoms with Crippen LogP contribution in [0.15, 0.2) is 33.9 Å². The Labute approximate surface area is 211 Å². The van der Waals surface area contributed by atoms with Gasteiger partial charge in [0.15, 0.2) is 5.69 Å². The Morgan fingerprint density at radius 2 is 1.97 bits per heavy atom. The van der Waals surface area contributed by atoms with Crippen molar-refractivity contribution < 1.29 is 14.3 Å². The predicted octanol–water partition coefficient (Wildman–Crippen LogP) is 2.46. The van der Waals surface area contributed by atoms with Gasteiger partial charge in [-0.25, -0.2) is 4.79 Å². The zero-order chi connectivity index (χ0) is 26.4. The maximum Gasteiger partial charge on any atom is 0.330 e. The highest BCUT2D eigenvalue weighted by atomic mass is 16.5. The number of nitrogens with one attached hydrogen (secondary N) is 1. The summed E-state index contributed by atoms with van der Waals surface area (Å²) in [6, 6.07) is 7.75. The highest BCUT2D eigenvalue weighted by molar-refractivity contribution is 6.05. The van der Waals surface area contributed by atoms with Gasteiger partial charge in [0.1, 0.15) is 5.82 Å². The molecule has 36 heavy (non-hydrogen) atoms. The Bertz CT molecular complexity index is 1200. The van der Waals surface area contributed by atoms with Gasteiger partial charge >= 0.3 is 5.69 Å². The van der Waals surface area contributed by atoms with Crippen LogP contribution in [0.4, 0.5) is 17.2 Å². The van der Waals surface area contributed by atoms with Crippen LogP contribution >= 0.6 is 0 Å². The fourth-order valence-electron chi connectivity index (χ4n) is 4.59. The first kappa shape index (κ1) is 27.2. The van der Waals surface area contributed by atoms with Crippen molar-refractivity contribution in [1.29, 1.82) is 0 Å². The van der Waals surface area contributed by atoms with Crippen LogP contribution in [-0.2, 0) is 20.9 Å². The van der Waals surface area contributed by atoms with Crippen LogP contribution in [0.5, 0.6) is 0 Å². The highest BCUT2D eigenvalue weighted by Gasteiger charge is 2.39. The lowest BCUT2D eigenvalue weighted by Crippen LogP contribution is -2.45. The standard InChI is InChI=1S/C26H37N5O5/c1-5-7-12-30-23(27)22(24(33)28-26(30)35)29(13-14-36-4)25(34)18-15-21(32)31(16-18)20-11-9-8-10-19(20)17(3)6-2/h8-11,17-18H,5-7,12-16,27H2,1-4H3,(H,28,33,35)/t17-,18-/m0/s1. The quantitative estimate of drug-likeness (QED) is 0.488. The third-order valence-electron chi connectivity index (χ3n) is 6.85. The van der Waals surface area contributed by atoms with E-state index in [-0.39, 0.29) is 49.4 Å². The van der Waals surface area contributed by atoms with E-state index in [1.54, 1.807) is 4.90 Å². The molecule has 1 aliphatic heterocycles. The van der Waals surface area contributed by atoms with Crippen molar-refractivity contribution in [2.24, 2.45) is 5.92 Å². The number of nitrogens with zero attached hydrogens (tertiary/aromatic N) is 3. The number of rotatable bonds is 11. The molecule has 3 N–H and O–H groups in total. The fraction of sp³-hybridized carbons (Fsp3) is 0.538. The van der Waals surface area contributed by atoms with Crippen LogP contribution in [0.3, 0.4) is 0 Å². The lowest BCUT2D eigenvalue weighted by atomic mass is 9.96. The van der Waals surface area contributed by atoms with E-state index in [4.69, 9.17) is 10.5 Å². The Kier molecular flexibility index (Phi) is 9.08. The second kappa shape index (κ2) is 12.0. The molecular weight excluding hydrogens is 462 g/mol. The Morgan fingerprint density at radius 1 is 1.25 bits per heavy atom. The SMILES string of the molecule is CCCCn1c(N)c(N(CCOC)C(=O)[C@H]2CC(=O)N(c3ccccc3[C@@H](C)CC)C2)c(=O)[nH]c1=O. The topological polar surface area (TPSA) is 131 Å². The minimum Gasteiger partial charge on any atom is -0.383 e. The first-order valence-corrected chi connectivity index (χ1v) is 12.6. The van der Waals surface area contributed by atoms with Crippen molar-refractivity contribution in [1.82, 2.24) is 9.55 Å². The van der Waals surface area contributed by atoms with Gasteiger partial charge in [-0.05, 0) is 30.4 Å². The van der Waals surface area contributed by atoms with Crippen molar-refractivity contribution in [2.75, 3.05) is 42.3 Å². The number of hydrogen-bond donors (Lipinski definition) is 2. The molecule has 2 heterocycles. The maximum atomic E-state index is 13.8. The average molecular weight is 500 g/mol. The number of nitrogen functional groups attached to an aromatic ring is 1. The Morgan fingerprint density at radius 3 is 2.64 bits per heavy atom. The van der Waals surface area contributed by atoms with E-state index in [9.17, 15) is 19.2 Å². The number of carbonyl (C=O) groups is 2. The van der Waals surface area contributed by atoms with E-state index in [0.29, 0.717) is 13.0 Å². The number of hydrogen-bond acceptors (Lipinski definition) is 6. The molecule has 10 nitrogen and oxygen atoms in total. The first-order chi connectivity index (χ1) is 17.2. The van der Waals surface area contributed by atoms with Gasteiger partial charge in [0.25, 0.3) is 5.56 Å². The van der Waals surface area contributed by atoms with E-state index < -0.39 is 23.1 Å². The summed E-state index contributed by atoms with van der Waals surface area (Å²) in [6.07, 6.45) is 2.44. The number of unbranched alkanes of at least 4 members (excludes halogenated alkanes) is 1. The van der Waals surface area contributed by atoms with Crippen LogP contribution < -0.4 is 26.8 Å².